The van der Waals surface area contributed by atoms with Gasteiger partial charge in [-0.05, 0) is 55.4 Å². The van der Waals surface area contributed by atoms with Crippen LogP contribution >= 0.6 is 11.3 Å². The molecule has 6 nitrogen and oxygen atoms in total. The van der Waals surface area contributed by atoms with Crippen LogP contribution in [-0.2, 0) is 7.05 Å². The Balaban J connectivity index is 1.93. The predicted octanol–water partition coefficient (Wildman–Crippen LogP) is 3.49. The summed E-state index contributed by atoms with van der Waals surface area (Å²) in [6.45, 7) is 6.63. The first-order chi connectivity index (χ1) is 12.8. The van der Waals surface area contributed by atoms with E-state index in [1.54, 1.807) is 16.0 Å². The van der Waals surface area contributed by atoms with Crippen molar-refractivity contribution in [2.45, 2.75) is 32.7 Å². The van der Waals surface area contributed by atoms with E-state index in [0.29, 0.717) is 12.1 Å². The summed E-state index contributed by atoms with van der Waals surface area (Å²) in [7, 11) is 5.93. The molecule has 3 aromatic heterocycles. The summed E-state index contributed by atoms with van der Waals surface area (Å²) in [5, 5.41) is 12.6. The van der Waals surface area contributed by atoms with Crippen LogP contribution in [0.4, 0.5) is 0 Å². The van der Waals surface area contributed by atoms with E-state index in [2.05, 4.69) is 46.0 Å². The summed E-state index contributed by atoms with van der Waals surface area (Å²) in [5.41, 5.74) is 4.34. The van der Waals surface area contributed by atoms with Crippen molar-refractivity contribution >= 4 is 28.3 Å². The maximum Gasteiger partial charge on any atom is 0.252 e. The van der Waals surface area contributed by atoms with Gasteiger partial charge < -0.3 is 10.2 Å². The lowest BCUT2D eigenvalue weighted by Crippen LogP contribution is -2.34. The van der Waals surface area contributed by atoms with E-state index in [1.807, 2.05) is 34.1 Å². The van der Waals surface area contributed by atoms with Crippen molar-refractivity contribution in [2.24, 2.45) is 7.05 Å². The minimum Gasteiger partial charge on any atom is -0.350 e. The first-order valence-electron chi connectivity index (χ1n) is 9.10. The minimum atomic E-state index is -0.0810. The van der Waals surface area contributed by atoms with Crippen LogP contribution in [0.5, 0.6) is 0 Å². The highest BCUT2D eigenvalue weighted by molar-refractivity contribution is 7.07. The van der Waals surface area contributed by atoms with Gasteiger partial charge in [0.1, 0.15) is 0 Å². The molecule has 3 rings (SSSR count). The first kappa shape index (κ1) is 19.5. The third-order valence-corrected chi connectivity index (χ3v) is 5.53. The van der Waals surface area contributed by atoms with Gasteiger partial charge in [0, 0.05) is 19.3 Å². The van der Waals surface area contributed by atoms with E-state index in [9.17, 15) is 4.79 Å². The lowest BCUT2D eigenvalue weighted by Gasteiger charge is -2.24. The van der Waals surface area contributed by atoms with Crippen molar-refractivity contribution < 1.29 is 4.79 Å². The average Bonchev–Trinajstić information content (AvgIpc) is 3.23. The molecule has 1 atom stereocenters. The molecule has 0 unspecified atom stereocenters. The number of pyridine rings is 1. The second kappa shape index (κ2) is 7.78. The molecule has 0 saturated carbocycles. The Hall–Kier alpha value is -2.25. The van der Waals surface area contributed by atoms with Crippen molar-refractivity contribution in [3.05, 3.63) is 45.4 Å². The number of fused-ring (bicyclic) bond motifs is 1. The molecule has 1 amide bonds. The normalized spacial score (nSPS) is 12.9. The number of hydrogen-bond donors (Lipinski definition) is 1. The van der Waals surface area contributed by atoms with Crippen LogP contribution in [0.25, 0.3) is 11.0 Å². The number of carbonyl (C=O) groups is 1. The van der Waals surface area contributed by atoms with Gasteiger partial charge in [0.2, 0.25) is 0 Å². The topological polar surface area (TPSA) is 63.1 Å². The summed E-state index contributed by atoms with van der Waals surface area (Å²) < 4.78 is 1.75. The Morgan fingerprint density at radius 3 is 2.70 bits per heavy atom. The van der Waals surface area contributed by atoms with Crippen LogP contribution in [0.3, 0.4) is 0 Å². The molecular weight excluding hydrogens is 358 g/mol. The number of nitrogens with one attached hydrogen (secondary N) is 1. The summed E-state index contributed by atoms with van der Waals surface area (Å²) >= 11 is 1.67. The average molecular weight is 386 g/mol. The molecule has 3 heterocycles. The monoisotopic (exact) mass is 385 g/mol. The van der Waals surface area contributed by atoms with E-state index in [-0.39, 0.29) is 17.9 Å². The van der Waals surface area contributed by atoms with E-state index < -0.39 is 0 Å². The molecule has 0 aliphatic carbocycles. The van der Waals surface area contributed by atoms with Crippen LogP contribution in [-0.4, -0.2) is 46.2 Å². The first-order valence-corrected chi connectivity index (χ1v) is 10.0. The number of amides is 1. The van der Waals surface area contributed by atoms with Crippen molar-refractivity contribution in [1.82, 2.24) is 25.0 Å². The smallest absolute Gasteiger partial charge is 0.252 e. The van der Waals surface area contributed by atoms with E-state index in [1.165, 1.54) is 5.56 Å². The largest absolute Gasteiger partial charge is 0.350 e. The third kappa shape index (κ3) is 3.89. The molecule has 0 aromatic carbocycles. The molecule has 144 valence electrons. The molecule has 0 fully saturated rings. The number of hydrogen-bond acceptors (Lipinski definition) is 5. The molecule has 3 aromatic rings. The Bertz CT molecular complexity index is 943. The van der Waals surface area contributed by atoms with Crippen LogP contribution in [0, 0.1) is 6.92 Å². The quantitative estimate of drug-likeness (QED) is 0.705. The molecule has 27 heavy (non-hydrogen) atoms. The zero-order chi connectivity index (χ0) is 19.7. The standard InChI is InChI=1S/C20H27N5OS/c1-12(2)16-9-15(18-13(3)23-25(6)19(18)22-16)20(26)21-10-17(24(4)5)14-7-8-27-11-14/h7-9,11-12,17H,10H2,1-6H3,(H,21,26)/t17-/m1/s1. The van der Waals surface area contributed by atoms with Crippen LogP contribution in [0.2, 0.25) is 0 Å². The number of nitrogens with zero attached hydrogens (tertiary/aromatic N) is 4. The zero-order valence-corrected chi connectivity index (χ0v) is 17.6. The number of aryl methyl sites for hydroxylation is 2. The Morgan fingerprint density at radius 2 is 2.11 bits per heavy atom. The lowest BCUT2D eigenvalue weighted by atomic mass is 10.0. The predicted molar refractivity (Wildman–Crippen MR) is 110 cm³/mol. The maximum absolute atomic E-state index is 13.1. The highest BCUT2D eigenvalue weighted by Gasteiger charge is 2.21. The van der Waals surface area contributed by atoms with Crippen molar-refractivity contribution in [3.8, 4) is 0 Å². The fourth-order valence-corrected chi connectivity index (χ4v) is 3.99. The molecule has 0 bridgehead atoms. The SMILES string of the molecule is Cc1nn(C)c2nc(C(C)C)cc(C(=O)NC[C@H](c3ccsc3)N(C)C)c12. The van der Waals surface area contributed by atoms with E-state index in [0.717, 1.165) is 22.4 Å². The Morgan fingerprint density at radius 1 is 1.37 bits per heavy atom. The fourth-order valence-electron chi connectivity index (χ4n) is 3.29. The highest BCUT2D eigenvalue weighted by Crippen LogP contribution is 2.25. The number of carbonyl (C=O) groups excluding carboxylic acids is 1. The summed E-state index contributed by atoms with van der Waals surface area (Å²) in [5.74, 6) is 0.152. The molecule has 0 saturated heterocycles. The van der Waals surface area contributed by atoms with Gasteiger partial charge in [0.15, 0.2) is 5.65 Å². The van der Waals surface area contributed by atoms with Crippen LogP contribution in [0.15, 0.2) is 22.9 Å². The molecule has 0 aliphatic rings. The fraction of sp³-hybridized carbons (Fsp3) is 0.450. The number of aromatic nitrogens is 3. The van der Waals surface area contributed by atoms with Gasteiger partial charge in [0.25, 0.3) is 5.91 Å². The second-order valence-corrected chi connectivity index (χ2v) is 8.18. The van der Waals surface area contributed by atoms with E-state index in [4.69, 9.17) is 4.98 Å². The summed E-state index contributed by atoms with van der Waals surface area (Å²) in [4.78, 5) is 19.9. The Kier molecular flexibility index (Phi) is 5.62. The zero-order valence-electron chi connectivity index (χ0n) is 16.8. The lowest BCUT2D eigenvalue weighted by molar-refractivity contribution is 0.0943. The van der Waals surface area contributed by atoms with Crippen molar-refractivity contribution in [2.75, 3.05) is 20.6 Å². The highest BCUT2D eigenvalue weighted by atomic mass is 32.1. The Labute approximate surface area is 164 Å². The molecule has 0 radical (unpaired) electrons. The molecule has 0 aliphatic heterocycles. The van der Waals surface area contributed by atoms with Gasteiger partial charge in [-0.1, -0.05) is 13.8 Å². The van der Waals surface area contributed by atoms with E-state index >= 15 is 0 Å². The number of thiophene rings is 1. The number of likely N-dealkylation sites (N-methyl/N-ethyl adjacent to an activating group) is 1. The van der Waals surface area contributed by atoms with Gasteiger partial charge in [-0.15, -0.1) is 0 Å². The van der Waals surface area contributed by atoms with Crippen molar-refractivity contribution in [1.29, 1.82) is 0 Å². The number of rotatable bonds is 6. The molecule has 7 heteroatoms. The van der Waals surface area contributed by atoms with Crippen LogP contribution in [0.1, 0.15) is 53.1 Å². The van der Waals surface area contributed by atoms with Gasteiger partial charge in [-0.25, -0.2) is 4.98 Å². The van der Waals surface area contributed by atoms with Gasteiger partial charge in [-0.3, -0.25) is 9.48 Å². The van der Waals surface area contributed by atoms with Gasteiger partial charge in [-0.2, -0.15) is 16.4 Å². The minimum absolute atomic E-state index is 0.0810. The molecular formula is C20H27N5OS. The summed E-state index contributed by atoms with van der Waals surface area (Å²) in [6, 6.07) is 4.15. The summed E-state index contributed by atoms with van der Waals surface area (Å²) in [6.07, 6.45) is 0. The maximum atomic E-state index is 13.1. The van der Waals surface area contributed by atoms with Gasteiger partial charge >= 0.3 is 0 Å². The van der Waals surface area contributed by atoms with Crippen LogP contribution < -0.4 is 5.32 Å². The second-order valence-electron chi connectivity index (χ2n) is 7.40. The molecule has 0 spiro atoms. The van der Waals surface area contributed by atoms with Crippen molar-refractivity contribution in [3.63, 3.8) is 0 Å². The van der Waals surface area contributed by atoms with Gasteiger partial charge in [0.05, 0.1) is 22.7 Å². The molecule has 1 N–H and O–H groups in total. The third-order valence-electron chi connectivity index (χ3n) is 4.83.